The fourth-order valence-electron chi connectivity index (χ4n) is 1.77. The Hall–Kier alpha value is -2.57. The van der Waals surface area contributed by atoms with E-state index in [9.17, 15) is 14.5 Å². The van der Waals surface area contributed by atoms with Crippen molar-refractivity contribution >= 4 is 5.69 Å². The molecule has 0 saturated carbocycles. The van der Waals surface area contributed by atoms with Crippen molar-refractivity contribution in [1.29, 1.82) is 0 Å². The van der Waals surface area contributed by atoms with Crippen molar-refractivity contribution in [2.24, 2.45) is 0 Å². The third-order valence-corrected chi connectivity index (χ3v) is 2.60. The average Bonchev–Trinajstić information content (AvgIpc) is 2.31. The molecule has 2 rings (SSSR count). The predicted octanol–water partition coefficient (Wildman–Crippen LogP) is 3.24. The van der Waals surface area contributed by atoms with Crippen molar-refractivity contribution < 1.29 is 14.1 Å². The van der Waals surface area contributed by atoms with Gasteiger partial charge in [0.25, 0.3) is 5.69 Å². The molecule has 0 saturated heterocycles. The molecule has 6 nitrogen and oxygen atoms in total. The highest BCUT2D eigenvalue weighted by molar-refractivity contribution is 5.46. The van der Waals surface area contributed by atoms with Gasteiger partial charge in [-0.2, -0.15) is 4.98 Å². The summed E-state index contributed by atoms with van der Waals surface area (Å²) in [6.07, 6.45) is 0. The molecule has 0 aliphatic carbocycles. The molecule has 0 spiro atoms. The molecular weight excluding hydrogens is 265 g/mol. The molecule has 0 radical (unpaired) electrons. The molecule has 0 amide bonds. The van der Waals surface area contributed by atoms with Crippen LogP contribution in [0.15, 0.2) is 18.2 Å². The monoisotopic (exact) mass is 277 g/mol. The number of ether oxygens (including phenoxy) is 1. The summed E-state index contributed by atoms with van der Waals surface area (Å²) >= 11 is 0. The van der Waals surface area contributed by atoms with E-state index in [0.717, 1.165) is 6.07 Å². The average molecular weight is 277 g/mol. The van der Waals surface area contributed by atoms with Crippen LogP contribution in [0.4, 0.5) is 10.1 Å². The first-order chi connectivity index (χ1) is 9.36. The van der Waals surface area contributed by atoms with E-state index in [2.05, 4.69) is 9.97 Å². The van der Waals surface area contributed by atoms with Gasteiger partial charge in [-0.05, 0) is 26.8 Å². The summed E-state index contributed by atoms with van der Waals surface area (Å²) in [5.41, 5.74) is 0.713. The van der Waals surface area contributed by atoms with Gasteiger partial charge in [0.1, 0.15) is 5.82 Å². The summed E-state index contributed by atoms with van der Waals surface area (Å²) in [6.45, 7) is 4.97. The van der Waals surface area contributed by atoms with Crippen LogP contribution in [-0.4, -0.2) is 14.9 Å². The maximum atomic E-state index is 13.8. The summed E-state index contributed by atoms with van der Waals surface area (Å²) in [7, 11) is 0. The second-order valence-corrected chi connectivity index (χ2v) is 4.32. The third kappa shape index (κ3) is 2.87. The molecule has 20 heavy (non-hydrogen) atoms. The van der Waals surface area contributed by atoms with Crippen molar-refractivity contribution in [3.05, 3.63) is 51.2 Å². The number of hydrogen-bond donors (Lipinski definition) is 0. The molecule has 1 heterocycles. The number of nitro groups is 1. The first-order valence-electron chi connectivity index (χ1n) is 5.81. The zero-order valence-electron chi connectivity index (χ0n) is 11.2. The van der Waals surface area contributed by atoms with E-state index in [1.54, 1.807) is 19.9 Å². The van der Waals surface area contributed by atoms with E-state index in [4.69, 9.17) is 4.74 Å². The van der Waals surface area contributed by atoms with Crippen molar-refractivity contribution in [1.82, 2.24) is 9.97 Å². The Bertz CT molecular complexity index is 669. The van der Waals surface area contributed by atoms with E-state index < -0.39 is 10.7 Å². The molecule has 1 aromatic heterocycles. The van der Waals surface area contributed by atoms with Gasteiger partial charge in [-0.1, -0.05) is 0 Å². The standard InChI is InChI=1S/C13H12FN3O3/c1-7-4-12(10(14)6-11(7)17(18)19)20-13-5-8(2)15-9(3)16-13/h4-6H,1-3H3. The quantitative estimate of drug-likeness (QED) is 0.635. The van der Waals surface area contributed by atoms with Gasteiger partial charge in [-0.15, -0.1) is 0 Å². The fraction of sp³-hybridized carbons (Fsp3) is 0.231. The minimum atomic E-state index is -0.809. The molecule has 0 aliphatic heterocycles. The summed E-state index contributed by atoms with van der Waals surface area (Å²) in [5, 5.41) is 10.7. The molecule has 0 aliphatic rings. The molecular formula is C13H12FN3O3. The molecule has 0 N–H and O–H groups in total. The maximum absolute atomic E-state index is 13.8. The molecule has 104 valence electrons. The van der Waals surface area contributed by atoms with Crippen LogP contribution in [0.2, 0.25) is 0 Å². The van der Waals surface area contributed by atoms with Gasteiger partial charge in [0.2, 0.25) is 5.88 Å². The van der Waals surface area contributed by atoms with Gasteiger partial charge in [-0.25, -0.2) is 9.37 Å². The number of aromatic nitrogens is 2. The predicted molar refractivity (Wildman–Crippen MR) is 69.4 cm³/mol. The van der Waals surface area contributed by atoms with Crippen LogP contribution in [0.25, 0.3) is 0 Å². The highest BCUT2D eigenvalue weighted by Gasteiger charge is 2.17. The van der Waals surface area contributed by atoms with Crippen molar-refractivity contribution in [2.45, 2.75) is 20.8 Å². The lowest BCUT2D eigenvalue weighted by Crippen LogP contribution is -1.98. The van der Waals surface area contributed by atoms with Crippen LogP contribution in [0, 0.1) is 36.7 Å². The molecule has 0 unspecified atom stereocenters. The number of benzene rings is 1. The van der Waals surface area contributed by atoms with Crippen LogP contribution in [0.1, 0.15) is 17.1 Å². The lowest BCUT2D eigenvalue weighted by atomic mass is 10.2. The topological polar surface area (TPSA) is 78.2 Å². The van der Waals surface area contributed by atoms with E-state index in [1.807, 2.05) is 0 Å². The Morgan fingerprint density at radius 3 is 2.50 bits per heavy atom. The molecule has 2 aromatic rings. The Labute approximate surface area is 114 Å². The largest absolute Gasteiger partial charge is 0.436 e. The van der Waals surface area contributed by atoms with Crippen LogP contribution in [-0.2, 0) is 0 Å². The summed E-state index contributed by atoms with van der Waals surface area (Å²) < 4.78 is 19.1. The second-order valence-electron chi connectivity index (χ2n) is 4.32. The smallest absolute Gasteiger partial charge is 0.275 e. The minimum absolute atomic E-state index is 0.106. The van der Waals surface area contributed by atoms with Crippen LogP contribution >= 0.6 is 0 Å². The molecule has 0 fully saturated rings. The highest BCUT2D eigenvalue weighted by atomic mass is 19.1. The van der Waals surface area contributed by atoms with E-state index in [-0.39, 0.29) is 17.3 Å². The Kier molecular flexibility index (Phi) is 3.60. The van der Waals surface area contributed by atoms with Crippen LogP contribution in [0.3, 0.4) is 0 Å². The van der Waals surface area contributed by atoms with Gasteiger partial charge in [-0.3, -0.25) is 10.1 Å². The number of hydrogen-bond acceptors (Lipinski definition) is 5. The van der Waals surface area contributed by atoms with Gasteiger partial charge in [0, 0.05) is 17.3 Å². The zero-order valence-corrected chi connectivity index (χ0v) is 11.2. The minimum Gasteiger partial charge on any atom is -0.436 e. The molecule has 0 bridgehead atoms. The number of aryl methyl sites for hydroxylation is 3. The van der Waals surface area contributed by atoms with Gasteiger partial charge < -0.3 is 4.74 Å². The molecule has 7 heteroatoms. The van der Waals surface area contributed by atoms with Crippen molar-refractivity contribution in [2.75, 3.05) is 0 Å². The number of rotatable bonds is 3. The Balaban J connectivity index is 2.39. The lowest BCUT2D eigenvalue weighted by molar-refractivity contribution is -0.385. The highest BCUT2D eigenvalue weighted by Crippen LogP contribution is 2.29. The van der Waals surface area contributed by atoms with E-state index in [0.29, 0.717) is 17.1 Å². The number of nitrogens with zero attached hydrogens (tertiary/aromatic N) is 3. The van der Waals surface area contributed by atoms with E-state index in [1.165, 1.54) is 13.0 Å². The number of halogens is 1. The summed E-state index contributed by atoms with van der Waals surface area (Å²) in [6, 6.07) is 3.68. The van der Waals surface area contributed by atoms with Crippen molar-refractivity contribution in [3.8, 4) is 11.6 Å². The third-order valence-electron chi connectivity index (χ3n) is 2.60. The first kappa shape index (κ1) is 13.9. The van der Waals surface area contributed by atoms with Gasteiger partial charge in [0.05, 0.1) is 11.0 Å². The zero-order chi connectivity index (χ0) is 14.9. The maximum Gasteiger partial charge on any atom is 0.275 e. The number of nitro benzene ring substituents is 1. The summed E-state index contributed by atoms with van der Waals surface area (Å²) in [5.74, 6) is -0.219. The second kappa shape index (κ2) is 5.20. The summed E-state index contributed by atoms with van der Waals surface area (Å²) in [4.78, 5) is 18.2. The normalized spacial score (nSPS) is 10.4. The first-order valence-corrected chi connectivity index (χ1v) is 5.81. The van der Waals surface area contributed by atoms with Gasteiger partial charge in [0.15, 0.2) is 11.6 Å². The molecule has 1 aromatic carbocycles. The van der Waals surface area contributed by atoms with Crippen LogP contribution in [0.5, 0.6) is 11.6 Å². The SMILES string of the molecule is Cc1cc(Oc2cc(C)c([N+](=O)[O-])cc2F)nc(C)n1. The fourth-order valence-corrected chi connectivity index (χ4v) is 1.77. The van der Waals surface area contributed by atoms with E-state index >= 15 is 0 Å². The van der Waals surface area contributed by atoms with Crippen molar-refractivity contribution in [3.63, 3.8) is 0 Å². The molecule has 0 atom stereocenters. The Morgan fingerprint density at radius 1 is 1.20 bits per heavy atom. The van der Waals surface area contributed by atoms with Crippen LogP contribution < -0.4 is 4.74 Å². The van der Waals surface area contributed by atoms with Gasteiger partial charge >= 0.3 is 0 Å². The Morgan fingerprint density at radius 2 is 1.90 bits per heavy atom. The lowest BCUT2D eigenvalue weighted by Gasteiger charge is -2.08.